The minimum Gasteiger partial charge on any atom is -0.364 e. The summed E-state index contributed by atoms with van der Waals surface area (Å²) in [6.07, 6.45) is 0.439. The number of hydrogen-bond acceptors (Lipinski definition) is 4. The van der Waals surface area contributed by atoms with E-state index in [-0.39, 0.29) is 30.9 Å². The lowest BCUT2D eigenvalue weighted by Gasteiger charge is -2.16. The van der Waals surface area contributed by atoms with Crippen LogP contribution in [0.2, 0.25) is 0 Å². The van der Waals surface area contributed by atoms with Crippen LogP contribution < -0.4 is 10.2 Å². The number of aromatic amines is 1. The highest BCUT2D eigenvalue weighted by Crippen LogP contribution is 2.24. The van der Waals surface area contributed by atoms with Gasteiger partial charge in [-0.1, -0.05) is 30.3 Å². The van der Waals surface area contributed by atoms with Crippen molar-refractivity contribution in [1.29, 1.82) is 0 Å². The van der Waals surface area contributed by atoms with Gasteiger partial charge in [-0.05, 0) is 24.3 Å². The van der Waals surface area contributed by atoms with Gasteiger partial charge in [0.2, 0.25) is 11.8 Å². The van der Waals surface area contributed by atoms with Crippen LogP contribution in [0.25, 0.3) is 11.0 Å². The first kappa shape index (κ1) is 18.2. The van der Waals surface area contributed by atoms with Gasteiger partial charge in [0.1, 0.15) is 19.0 Å². The average Bonchev–Trinajstić information content (AvgIpc) is 3.30. The molecule has 1 aliphatic rings. The molecule has 0 saturated carbocycles. The van der Waals surface area contributed by atoms with Gasteiger partial charge in [-0.3, -0.25) is 9.59 Å². The number of nitrogens with one attached hydrogen (secondary N) is 2. The van der Waals surface area contributed by atoms with Crippen LogP contribution in [0.15, 0.2) is 54.6 Å². The number of nitrogens with zero attached hydrogens (tertiary/aromatic N) is 2. The number of aromatic nitrogens is 2. The Bertz CT molecular complexity index is 937. The Morgan fingerprint density at radius 3 is 2.79 bits per heavy atom. The molecule has 1 aliphatic heterocycles. The summed E-state index contributed by atoms with van der Waals surface area (Å²) in [5.74, 6) is 0.689. The molecule has 28 heavy (non-hydrogen) atoms. The molecular formula is C21H22N4O3. The first-order chi connectivity index (χ1) is 13.7. The highest BCUT2D eigenvalue weighted by atomic mass is 16.5. The molecule has 1 atom stereocenters. The lowest BCUT2D eigenvalue weighted by atomic mass is 10.1. The number of hydrogen-bond donors (Lipinski definition) is 2. The fourth-order valence-electron chi connectivity index (χ4n) is 3.40. The van der Waals surface area contributed by atoms with Crippen molar-refractivity contribution >= 4 is 28.5 Å². The monoisotopic (exact) mass is 378 g/mol. The summed E-state index contributed by atoms with van der Waals surface area (Å²) in [6, 6.07) is 17.3. The van der Waals surface area contributed by atoms with E-state index in [1.807, 2.05) is 54.6 Å². The van der Waals surface area contributed by atoms with Crippen molar-refractivity contribution in [3.05, 3.63) is 60.4 Å². The fourth-order valence-corrected chi connectivity index (χ4v) is 3.40. The predicted molar refractivity (Wildman–Crippen MR) is 106 cm³/mol. The zero-order valence-electron chi connectivity index (χ0n) is 15.4. The smallest absolute Gasteiger partial charge is 0.246 e. The van der Waals surface area contributed by atoms with Gasteiger partial charge in [0.25, 0.3) is 0 Å². The van der Waals surface area contributed by atoms with E-state index in [1.54, 1.807) is 4.90 Å². The van der Waals surface area contributed by atoms with Crippen LogP contribution in [0.5, 0.6) is 0 Å². The van der Waals surface area contributed by atoms with E-state index >= 15 is 0 Å². The maximum absolute atomic E-state index is 12.2. The van der Waals surface area contributed by atoms with E-state index in [4.69, 9.17) is 4.74 Å². The largest absolute Gasteiger partial charge is 0.364 e. The number of anilines is 1. The van der Waals surface area contributed by atoms with Crippen LogP contribution in [0.4, 0.5) is 5.69 Å². The molecule has 7 nitrogen and oxygen atoms in total. The van der Waals surface area contributed by atoms with Crippen LogP contribution in [0.1, 0.15) is 12.2 Å². The van der Waals surface area contributed by atoms with Gasteiger partial charge in [-0.15, -0.1) is 0 Å². The Hall–Kier alpha value is -3.19. The van der Waals surface area contributed by atoms with Crippen molar-refractivity contribution in [3.63, 3.8) is 0 Å². The van der Waals surface area contributed by atoms with E-state index in [2.05, 4.69) is 15.3 Å². The number of carbonyl (C=O) groups is 2. The van der Waals surface area contributed by atoms with Crippen LogP contribution in [0.3, 0.4) is 0 Å². The van der Waals surface area contributed by atoms with Crippen LogP contribution in [0, 0.1) is 5.92 Å². The Morgan fingerprint density at radius 1 is 1.18 bits per heavy atom. The van der Waals surface area contributed by atoms with E-state index in [0.717, 1.165) is 16.7 Å². The van der Waals surface area contributed by atoms with E-state index in [0.29, 0.717) is 25.3 Å². The molecule has 144 valence electrons. The summed E-state index contributed by atoms with van der Waals surface area (Å²) in [4.78, 5) is 33.6. The van der Waals surface area contributed by atoms with Gasteiger partial charge in [-0.25, -0.2) is 4.98 Å². The Labute approximate surface area is 162 Å². The van der Waals surface area contributed by atoms with E-state index < -0.39 is 0 Å². The summed E-state index contributed by atoms with van der Waals surface area (Å²) in [5, 5.41) is 2.86. The van der Waals surface area contributed by atoms with Gasteiger partial charge in [0, 0.05) is 31.1 Å². The molecule has 2 heterocycles. The average molecular weight is 378 g/mol. The first-order valence-corrected chi connectivity index (χ1v) is 9.32. The fraction of sp³-hybridized carbons (Fsp3) is 0.286. The maximum Gasteiger partial charge on any atom is 0.246 e. The van der Waals surface area contributed by atoms with Crippen molar-refractivity contribution in [2.45, 2.75) is 13.0 Å². The maximum atomic E-state index is 12.2. The number of imidazole rings is 1. The number of benzene rings is 2. The zero-order chi connectivity index (χ0) is 19.3. The molecule has 0 radical (unpaired) electrons. The molecule has 2 N–H and O–H groups in total. The van der Waals surface area contributed by atoms with Gasteiger partial charge >= 0.3 is 0 Å². The normalized spacial score (nSPS) is 16.6. The third kappa shape index (κ3) is 4.20. The number of carbonyl (C=O) groups excluding carboxylic acids is 2. The minimum atomic E-state index is -0.193. The molecule has 2 amide bonds. The van der Waals surface area contributed by atoms with Gasteiger partial charge < -0.3 is 19.9 Å². The minimum absolute atomic E-state index is 0.0416. The molecule has 3 aromatic rings. The van der Waals surface area contributed by atoms with Gasteiger partial charge in [0.15, 0.2) is 0 Å². The Morgan fingerprint density at radius 2 is 1.96 bits per heavy atom. The molecule has 4 rings (SSSR count). The highest BCUT2D eigenvalue weighted by molar-refractivity contribution is 5.95. The summed E-state index contributed by atoms with van der Waals surface area (Å²) >= 11 is 0. The topological polar surface area (TPSA) is 87.3 Å². The molecule has 0 spiro atoms. The third-order valence-corrected chi connectivity index (χ3v) is 4.77. The number of amides is 2. The molecule has 1 fully saturated rings. The number of ether oxygens (including phenoxy) is 1. The molecule has 0 aliphatic carbocycles. The van der Waals surface area contributed by atoms with Crippen LogP contribution in [-0.4, -0.2) is 41.5 Å². The summed E-state index contributed by atoms with van der Waals surface area (Å²) in [6.45, 7) is 1.27. The van der Waals surface area contributed by atoms with Gasteiger partial charge in [-0.2, -0.15) is 0 Å². The second-order valence-electron chi connectivity index (χ2n) is 6.91. The molecular weight excluding hydrogens is 356 g/mol. The second kappa shape index (κ2) is 8.22. The Balaban J connectivity index is 1.20. The van der Waals surface area contributed by atoms with Crippen molar-refractivity contribution < 1.29 is 14.3 Å². The lowest BCUT2D eigenvalue weighted by molar-refractivity contribution is -0.126. The standard InChI is InChI=1S/C21H22N4O3/c26-20(14-28-13-19-23-17-8-4-5-9-18(17)24-19)22-11-15-10-21(27)25(12-15)16-6-2-1-3-7-16/h1-9,15H,10-14H2,(H,22,26)(H,23,24)/t15-/m0/s1. The molecule has 1 aromatic heterocycles. The Kier molecular flexibility index (Phi) is 5.34. The van der Waals surface area contributed by atoms with Crippen LogP contribution >= 0.6 is 0 Å². The second-order valence-corrected chi connectivity index (χ2v) is 6.91. The predicted octanol–water partition coefficient (Wildman–Crippen LogP) is 2.25. The molecule has 0 bridgehead atoms. The summed E-state index contributed by atoms with van der Waals surface area (Å²) < 4.78 is 5.45. The van der Waals surface area contributed by atoms with Crippen molar-refractivity contribution in [3.8, 4) is 0 Å². The zero-order valence-corrected chi connectivity index (χ0v) is 15.4. The molecule has 2 aromatic carbocycles. The van der Waals surface area contributed by atoms with E-state index in [1.165, 1.54) is 0 Å². The number of para-hydroxylation sites is 3. The van der Waals surface area contributed by atoms with Crippen molar-refractivity contribution in [1.82, 2.24) is 15.3 Å². The summed E-state index contributed by atoms with van der Waals surface area (Å²) in [7, 11) is 0. The quantitative estimate of drug-likeness (QED) is 0.660. The molecule has 7 heteroatoms. The molecule has 1 saturated heterocycles. The molecule has 0 unspecified atom stereocenters. The number of fused-ring (bicyclic) bond motifs is 1. The summed E-state index contributed by atoms with van der Waals surface area (Å²) in [5.41, 5.74) is 2.72. The van der Waals surface area contributed by atoms with E-state index in [9.17, 15) is 9.59 Å². The van der Waals surface area contributed by atoms with Crippen molar-refractivity contribution in [2.75, 3.05) is 24.6 Å². The SMILES string of the molecule is O=C(COCc1nc2ccccc2[nH]1)NC[C@@H]1CC(=O)N(c2ccccc2)C1. The highest BCUT2D eigenvalue weighted by Gasteiger charge is 2.30. The number of H-pyrrole nitrogens is 1. The van der Waals surface area contributed by atoms with Crippen molar-refractivity contribution in [2.24, 2.45) is 5.92 Å². The van der Waals surface area contributed by atoms with Gasteiger partial charge in [0.05, 0.1) is 11.0 Å². The lowest BCUT2D eigenvalue weighted by Crippen LogP contribution is -2.33. The first-order valence-electron chi connectivity index (χ1n) is 9.32. The van der Waals surface area contributed by atoms with Crippen LogP contribution in [-0.2, 0) is 20.9 Å². The third-order valence-electron chi connectivity index (χ3n) is 4.77. The number of rotatable bonds is 7.